The van der Waals surface area contributed by atoms with Gasteiger partial charge in [0, 0.05) is 23.4 Å². The number of methoxy groups -OCH3 is 2. The molecule has 5 heteroatoms. The summed E-state index contributed by atoms with van der Waals surface area (Å²) in [7, 11) is 3.26. The topological polar surface area (TPSA) is 56.5 Å². The van der Waals surface area contributed by atoms with Gasteiger partial charge >= 0.3 is 0 Å². The highest BCUT2D eigenvalue weighted by Gasteiger charge is 2.27. The highest BCUT2D eigenvalue weighted by molar-refractivity contribution is 7.99. The van der Waals surface area contributed by atoms with E-state index in [9.17, 15) is 0 Å². The van der Waals surface area contributed by atoms with E-state index < -0.39 is 0 Å². The lowest BCUT2D eigenvalue weighted by atomic mass is 10.2. The average Bonchev–Trinajstić information content (AvgIpc) is 2.88. The van der Waals surface area contributed by atoms with E-state index >= 15 is 0 Å². The van der Waals surface area contributed by atoms with Gasteiger partial charge in [0.15, 0.2) is 11.5 Å². The average molecular weight is 296 g/mol. The van der Waals surface area contributed by atoms with Crippen LogP contribution in [0, 0.1) is 0 Å². The van der Waals surface area contributed by atoms with E-state index in [2.05, 4.69) is 12.2 Å². The van der Waals surface area contributed by atoms with E-state index in [0.717, 1.165) is 11.4 Å². The normalized spacial score (nSPS) is 21.8. The van der Waals surface area contributed by atoms with Crippen molar-refractivity contribution in [2.45, 2.75) is 37.5 Å². The van der Waals surface area contributed by atoms with Crippen molar-refractivity contribution in [3.8, 4) is 11.5 Å². The molecule has 0 amide bonds. The third-order valence-corrected chi connectivity index (χ3v) is 5.06. The molecule has 0 heterocycles. The molecule has 3 N–H and O–H groups in total. The van der Waals surface area contributed by atoms with Gasteiger partial charge in [0.1, 0.15) is 0 Å². The van der Waals surface area contributed by atoms with Gasteiger partial charge in [-0.2, -0.15) is 11.8 Å². The second-order valence-electron chi connectivity index (χ2n) is 4.97. The number of nitrogens with one attached hydrogen (secondary N) is 1. The Morgan fingerprint density at radius 3 is 2.60 bits per heavy atom. The Bertz CT molecular complexity index is 454. The monoisotopic (exact) mass is 296 g/mol. The summed E-state index contributed by atoms with van der Waals surface area (Å²) in [5.74, 6) is 2.54. The van der Waals surface area contributed by atoms with Crippen LogP contribution in [0.5, 0.6) is 11.5 Å². The van der Waals surface area contributed by atoms with Crippen LogP contribution in [0.15, 0.2) is 12.1 Å². The smallest absolute Gasteiger partial charge is 0.162 e. The minimum absolute atomic E-state index is 0.486. The summed E-state index contributed by atoms with van der Waals surface area (Å²) in [6, 6.07) is 4.23. The van der Waals surface area contributed by atoms with Gasteiger partial charge in [-0.3, -0.25) is 0 Å². The third kappa shape index (κ3) is 3.26. The lowest BCUT2D eigenvalue weighted by molar-refractivity contribution is 0.355. The second kappa shape index (κ2) is 6.97. The molecule has 0 aromatic heterocycles. The van der Waals surface area contributed by atoms with Gasteiger partial charge in [0.05, 0.1) is 25.6 Å². The van der Waals surface area contributed by atoms with Crippen molar-refractivity contribution in [1.29, 1.82) is 0 Å². The molecule has 1 aliphatic rings. The first-order chi connectivity index (χ1) is 9.69. The first-order valence-corrected chi connectivity index (χ1v) is 8.14. The fourth-order valence-electron chi connectivity index (χ4n) is 2.72. The molecule has 4 nitrogen and oxygen atoms in total. The van der Waals surface area contributed by atoms with Gasteiger partial charge in [-0.15, -0.1) is 0 Å². The van der Waals surface area contributed by atoms with Crippen LogP contribution in [0.3, 0.4) is 0 Å². The fraction of sp³-hybridized carbons (Fsp3) is 0.600. The zero-order chi connectivity index (χ0) is 14.5. The molecule has 0 aliphatic heterocycles. The zero-order valence-electron chi connectivity index (χ0n) is 12.4. The van der Waals surface area contributed by atoms with Crippen molar-refractivity contribution >= 4 is 23.1 Å². The summed E-state index contributed by atoms with van der Waals surface area (Å²) in [5.41, 5.74) is 7.76. The number of hydrogen-bond donors (Lipinski definition) is 2. The molecule has 1 aromatic carbocycles. The van der Waals surface area contributed by atoms with Gasteiger partial charge < -0.3 is 20.5 Å². The Hall–Kier alpha value is -1.23. The van der Waals surface area contributed by atoms with Crippen molar-refractivity contribution in [3.63, 3.8) is 0 Å². The molecule has 2 rings (SSSR count). The molecule has 1 aromatic rings. The molecular weight excluding hydrogens is 272 g/mol. The number of rotatable bonds is 6. The van der Waals surface area contributed by atoms with E-state index in [-0.39, 0.29) is 0 Å². The van der Waals surface area contributed by atoms with Crippen LogP contribution < -0.4 is 20.5 Å². The van der Waals surface area contributed by atoms with E-state index in [1.165, 1.54) is 19.3 Å². The summed E-state index contributed by atoms with van der Waals surface area (Å²) in [6.45, 7) is 2.21. The highest BCUT2D eigenvalue weighted by atomic mass is 32.2. The summed E-state index contributed by atoms with van der Waals surface area (Å²) in [6.07, 6.45) is 3.76. The molecule has 0 saturated heterocycles. The lowest BCUT2D eigenvalue weighted by Crippen LogP contribution is -2.26. The second-order valence-corrected chi connectivity index (χ2v) is 6.49. The molecule has 0 bridgehead atoms. The van der Waals surface area contributed by atoms with Gasteiger partial charge in [-0.05, 0) is 18.6 Å². The van der Waals surface area contributed by atoms with Crippen molar-refractivity contribution in [2.24, 2.45) is 0 Å². The third-order valence-electron chi connectivity index (χ3n) is 3.73. The van der Waals surface area contributed by atoms with Crippen LogP contribution in [-0.2, 0) is 0 Å². The molecule has 1 fully saturated rings. The number of anilines is 2. The fourth-order valence-corrected chi connectivity index (χ4v) is 3.92. The molecule has 1 aliphatic carbocycles. The first-order valence-electron chi connectivity index (χ1n) is 7.09. The predicted octanol–water partition coefficient (Wildman–Crippen LogP) is 3.37. The summed E-state index contributed by atoms with van der Waals surface area (Å²) in [4.78, 5) is 0. The number of hydrogen-bond acceptors (Lipinski definition) is 5. The molecule has 2 atom stereocenters. The number of ether oxygens (including phenoxy) is 2. The number of nitrogen functional groups attached to an aromatic ring is 1. The maximum atomic E-state index is 6.11. The van der Waals surface area contributed by atoms with Gasteiger partial charge in [-0.1, -0.05) is 13.3 Å². The quantitative estimate of drug-likeness (QED) is 0.788. The molecule has 2 unspecified atom stereocenters. The van der Waals surface area contributed by atoms with Gasteiger partial charge in [0.25, 0.3) is 0 Å². The largest absolute Gasteiger partial charge is 0.493 e. The number of thioether (sulfide) groups is 1. The summed E-state index contributed by atoms with van der Waals surface area (Å²) >= 11 is 2.03. The van der Waals surface area contributed by atoms with E-state index in [1.807, 2.05) is 23.9 Å². The van der Waals surface area contributed by atoms with Crippen LogP contribution >= 0.6 is 11.8 Å². The minimum atomic E-state index is 0.486. The zero-order valence-corrected chi connectivity index (χ0v) is 13.3. The molecule has 0 spiro atoms. The van der Waals surface area contributed by atoms with Crippen LogP contribution in [0.4, 0.5) is 11.4 Å². The lowest BCUT2D eigenvalue weighted by Gasteiger charge is -2.23. The molecular formula is C15H24N2O2S. The Labute approximate surface area is 125 Å². The standard InChI is InChI=1S/C15H24N2O2S/c1-4-20-15-7-5-6-11(15)17-12-9-14(19-3)13(18-2)8-10(12)16/h8-9,11,15,17H,4-7,16H2,1-3H3. The first kappa shape index (κ1) is 15.2. The van der Waals surface area contributed by atoms with E-state index in [1.54, 1.807) is 14.2 Å². The SMILES string of the molecule is CCSC1CCCC1Nc1cc(OC)c(OC)cc1N. The number of benzene rings is 1. The predicted molar refractivity (Wildman–Crippen MR) is 87.1 cm³/mol. The highest BCUT2D eigenvalue weighted by Crippen LogP contribution is 2.38. The van der Waals surface area contributed by atoms with E-state index in [4.69, 9.17) is 15.2 Å². The van der Waals surface area contributed by atoms with Crippen molar-refractivity contribution in [1.82, 2.24) is 0 Å². The van der Waals surface area contributed by atoms with Crippen molar-refractivity contribution in [2.75, 3.05) is 31.0 Å². The molecule has 1 saturated carbocycles. The molecule has 20 heavy (non-hydrogen) atoms. The van der Waals surface area contributed by atoms with Crippen LogP contribution in [0.2, 0.25) is 0 Å². The maximum absolute atomic E-state index is 6.11. The Morgan fingerprint density at radius 2 is 1.95 bits per heavy atom. The summed E-state index contributed by atoms with van der Waals surface area (Å²) in [5, 5.41) is 4.26. The Morgan fingerprint density at radius 1 is 1.25 bits per heavy atom. The van der Waals surface area contributed by atoms with Crippen molar-refractivity contribution < 1.29 is 9.47 Å². The van der Waals surface area contributed by atoms with Crippen LogP contribution in [-0.4, -0.2) is 31.3 Å². The maximum Gasteiger partial charge on any atom is 0.162 e. The van der Waals surface area contributed by atoms with Crippen LogP contribution in [0.25, 0.3) is 0 Å². The molecule has 0 radical (unpaired) electrons. The van der Waals surface area contributed by atoms with Gasteiger partial charge in [0.2, 0.25) is 0 Å². The Kier molecular flexibility index (Phi) is 5.29. The summed E-state index contributed by atoms with van der Waals surface area (Å²) < 4.78 is 10.6. The Balaban J connectivity index is 2.16. The number of nitrogens with two attached hydrogens (primary N) is 1. The van der Waals surface area contributed by atoms with Crippen LogP contribution in [0.1, 0.15) is 26.2 Å². The molecule has 112 valence electrons. The van der Waals surface area contributed by atoms with Gasteiger partial charge in [-0.25, -0.2) is 0 Å². The minimum Gasteiger partial charge on any atom is -0.493 e. The van der Waals surface area contributed by atoms with Crippen molar-refractivity contribution in [3.05, 3.63) is 12.1 Å². The van der Waals surface area contributed by atoms with E-state index in [0.29, 0.717) is 28.5 Å².